The zero-order valence-electron chi connectivity index (χ0n) is 6.07. The highest BCUT2D eigenvalue weighted by Gasteiger charge is 1.87. The van der Waals surface area contributed by atoms with Crippen LogP contribution in [0.2, 0.25) is 0 Å². The molecule has 0 aromatic carbocycles. The Labute approximate surface area is 69.3 Å². The van der Waals surface area contributed by atoms with Crippen LogP contribution in [0.3, 0.4) is 0 Å². The Bertz CT molecular complexity index is 174. The van der Waals surface area contributed by atoms with Crippen molar-refractivity contribution in [3.05, 3.63) is 34.6 Å². The van der Waals surface area contributed by atoms with E-state index in [0.29, 0.717) is 5.57 Å². The van der Waals surface area contributed by atoms with E-state index in [4.69, 9.17) is 0 Å². The Morgan fingerprint density at radius 3 is 2.30 bits per heavy atom. The predicted octanol–water partition coefficient (Wildman–Crippen LogP) is 3.71. The molecule has 0 aromatic heterocycles. The number of halogens is 2. The first-order valence-corrected chi connectivity index (χ1v) is 3.86. The summed E-state index contributed by atoms with van der Waals surface area (Å²) < 4.78 is 12.6. The topological polar surface area (TPSA) is 0 Å². The summed E-state index contributed by atoms with van der Waals surface area (Å²) in [5.41, 5.74) is 0.694. The molecule has 0 unspecified atom stereocenters. The summed E-state index contributed by atoms with van der Waals surface area (Å²) >= 11 is 3.07. The maximum Gasteiger partial charge on any atom is 0.121 e. The molecule has 0 bridgehead atoms. The molecule has 0 saturated carbocycles. The largest absolute Gasteiger partial charge is 0.207 e. The van der Waals surface area contributed by atoms with Gasteiger partial charge in [-0.25, -0.2) is 4.39 Å². The summed E-state index contributed by atoms with van der Waals surface area (Å²) in [5.74, 6) is -0.175. The third kappa shape index (κ3) is 4.50. The second-order valence-corrected chi connectivity index (χ2v) is 2.55. The van der Waals surface area contributed by atoms with Gasteiger partial charge in [-0.2, -0.15) is 0 Å². The van der Waals surface area contributed by atoms with Crippen molar-refractivity contribution < 1.29 is 4.39 Å². The fourth-order valence-corrected chi connectivity index (χ4v) is 0.525. The van der Waals surface area contributed by atoms with Gasteiger partial charge >= 0.3 is 0 Å². The normalized spacial score (nSPS) is 11.2. The van der Waals surface area contributed by atoms with E-state index in [9.17, 15) is 4.39 Å². The van der Waals surface area contributed by atoms with E-state index in [0.717, 1.165) is 0 Å². The lowest BCUT2D eigenvalue weighted by molar-refractivity contribution is 0.654. The van der Waals surface area contributed by atoms with Crippen LogP contribution in [0.5, 0.6) is 0 Å². The molecule has 0 atom stereocenters. The number of hydrogen-bond acceptors (Lipinski definition) is 0. The van der Waals surface area contributed by atoms with Crippen LogP contribution in [0.1, 0.15) is 13.8 Å². The van der Waals surface area contributed by atoms with Crippen LogP contribution in [0, 0.1) is 0 Å². The zero-order valence-corrected chi connectivity index (χ0v) is 7.65. The molecule has 0 fully saturated rings. The summed E-state index contributed by atoms with van der Waals surface area (Å²) in [7, 11) is 0. The molecule has 0 aliphatic rings. The van der Waals surface area contributed by atoms with E-state index in [1.807, 2.05) is 0 Å². The van der Waals surface area contributed by atoms with E-state index in [1.165, 1.54) is 6.08 Å². The van der Waals surface area contributed by atoms with Gasteiger partial charge in [0, 0.05) is 0 Å². The van der Waals surface area contributed by atoms with Crippen LogP contribution in [-0.2, 0) is 0 Å². The fourth-order valence-electron chi connectivity index (χ4n) is 0.349. The Balaban J connectivity index is 4.03. The van der Waals surface area contributed by atoms with Gasteiger partial charge in [0.1, 0.15) is 5.83 Å². The second kappa shape index (κ2) is 5.42. The molecule has 0 aliphatic carbocycles. The van der Waals surface area contributed by atoms with Gasteiger partial charge < -0.3 is 0 Å². The molecule has 0 aromatic rings. The van der Waals surface area contributed by atoms with Crippen molar-refractivity contribution in [2.24, 2.45) is 0 Å². The lowest BCUT2D eigenvalue weighted by atomic mass is 10.3. The quantitative estimate of drug-likeness (QED) is 0.602. The molecule has 0 spiro atoms. The van der Waals surface area contributed by atoms with Gasteiger partial charge in [0.2, 0.25) is 0 Å². The van der Waals surface area contributed by atoms with Crippen molar-refractivity contribution in [1.82, 2.24) is 0 Å². The van der Waals surface area contributed by atoms with E-state index in [2.05, 4.69) is 15.9 Å². The lowest BCUT2D eigenvalue weighted by Gasteiger charge is -1.87. The van der Waals surface area contributed by atoms with E-state index in [-0.39, 0.29) is 5.83 Å². The summed E-state index contributed by atoms with van der Waals surface area (Å²) in [6.07, 6.45) is 4.77. The van der Waals surface area contributed by atoms with Crippen LogP contribution in [0.15, 0.2) is 34.6 Å². The second-order valence-electron chi connectivity index (χ2n) is 2.03. The lowest BCUT2D eigenvalue weighted by Crippen LogP contribution is -1.69. The van der Waals surface area contributed by atoms with Crippen LogP contribution in [0.25, 0.3) is 0 Å². The van der Waals surface area contributed by atoms with Gasteiger partial charge in [0.05, 0.1) is 0 Å². The Morgan fingerprint density at radius 2 is 1.90 bits per heavy atom. The zero-order chi connectivity index (χ0) is 7.98. The average molecular weight is 205 g/mol. The smallest absolute Gasteiger partial charge is 0.121 e. The van der Waals surface area contributed by atoms with Gasteiger partial charge in [-0.1, -0.05) is 28.1 Å². The standard InChI is InChI=1S/C8H10BrF/c1-7(2)8(10)5-3-4-6-9/h3-6H,1-2H3/b5-3-,6-4+. The summed E-state index contributed by atoms with van der Waals surface area (Å²) in [4.78, 5) is 1.67. The minimum Gasteiger partial charge on any atom is -0.207 e. The molecule has 10 heavy (non-hydrogen) atoms. The predicted molar refractivity (Wildman–Crippen MR) is 46.7 cm³/mol. The molecule has 0 nitrogen and oxygen atoms in total. The van der Waals surface area contributed by atoms with Crippen molar-refractivity contribution in [2.75, 3.05) is 0 Å². The van der Waals surface area contributed by atoms with Crippen molar-refractivity contribution in [1.29, 1.82) is 0 Å². The molecular formula is C8H10BrF. The fraction of sp³-hybridized carbons (Fsp3) is 0.250. The molecule has 56 valence electrons. The first-order chi connectivity index (χ1) is 4.68. The highest BCUT2D eigenvalue weighted by molar-refractivity contribution is 9.11. The number of hydrogen-bond donors (Lipinski definition) is 0. The van der Waals surface area contributed by atoms with Crippen LogP contribution >= 0.6 is 15.9 Å². The minimum absolute atomic E-state index is 0.175. The highest BCUT2D eigenvalue weighted by atomic mass is 79.9. The van der Waals surface area contributed by atoms with Gasteiger partial charge in [0.15, 0.2) is 0 Å². The average Bonchev–Trinajstić information content (AvgIpc) is 1.88. The van der Waals surface area contributed by atoms with Crippen LogP contribution < -0.4 is 0 Å². The molecule has 0 heterocycles. The van der Waals surface area contributed by atoms with Gasteiger partial charge in [-0.05, 0) is 30.5 Å². The third-order valence-corrected chi connectivity index (χ3v) is 1.21. The summed E-state index contributed by atoms with van der Waals surface area (Å²) in [6.45, 7) is 3.47. The first-order valence-electron chi connectivity index (χ1n) is 2.95. The minimum atomic E-state index is -0.175. The van der Waals surface area contributed by atoms with Gasteiger partial charge in [0.25, 0.3) is 0 Å². The monoisotopic (exact) mass is 204 g/mol. The Kier molecular flexibility index (Phi) is 5.22. The van der Waals surface area contributed by atoms with Gasteiger partial charge in [-0.15, -0.1) is 0 Å². The molecule has 0 aliphatic heterocycles. The van der Waals surface area contributed by atoms with E-state index in [1.54, 1.807) is 31.0 Å². The number of allylic oxidation sites excluding steroid dienone is 5. The molecule has 0 saturated heterocycles. The molecule has 0 amide bonds. The van der Waals surface area contributed by atoms with Crippen LogP contribution in [0.4, 0.5) is 4.39 Å². The maximum atomic E-state index is 12.6. The molecule has 2 heteroatoms. The van der Waals surface area contributed by atoms with Gasteiger partial charge in [-0.3, -0.25) is 0 Å². The van der Waals surface area contributed by atoms with Crippen molar-refractivity contribution in [3.8, 4) is 0 Å². The Morgan fingerprint density at radius 1 is 1.30 bits per heavy atom. The van der Waals surface area contributed by atoms with Crippen molar-refractivity contribution >= 4 is 15.9 Å². The Hall–Kier alpha value is -0.370. The number of rotatable bonds is 2. The highest BCUT2D eigenvalue weighted by Crippen LogP contribution is 2.05. The molecule has 0 rings (SSSR count). The van der Waals surface area contributed by atoms with E-state index < -0.39 is 0 Å². The maximum absolute atomic E-state index is 12.6. The molecule has 0 radical (unpaired) electrons. The van der Waals surface area contributed by atoms with Crippen LogP contribution in [-0.4, -0.2) is 0 Å². The summed E-state index contributed by atoms with van der Waals surface area (Å²) in [6, 6.07) is 0. The first kappa shape index (κ1) is 9.63. The van der Waals surface area contributed by atoms with Crippen molar-refractivity contribution in [3.63, 3.8) is 0 Å². The van der Waals surface area contributed by atoms with Crippen molar-refractivity contribution in [2.45, 2.75) is 13.8 Å². The SMILES string of the molecule is CC(C)=C(F)/C=C\C=C\Br. The summed E-state index contributed by atoms with van der Waals surface area (Å²) in [5, 5.41) is 0. The third-order valence-electron chi connectivity index (χ3n) is 0.904. The van der Waals surface area contributed by atoms with E-state index >= 15 is 0 Å². The molecule has 0 N–H and O–H groups in total. The molecular weight excluding hydrogens is 195 g/mol.